The Labute approximate surface area is 140 Å². The third-order valence-electron chi connectivity index (χ3n) is 4.30. The third kappa shape index (κ3) is 2.56. The van der Waals surface area contributed by atoms with Crippen LogP contribution in [-0.2, 0) is 4.74 Å². The van der Waals surface area contributed by atoms with E-state index in [2.05, 4.69) is 9.97 Å². The summed E-state index contributed by atoms with van der Waals surface area (Å²) in [5.41, 5.74) is 0.208. The largest absolute Gasteiger partial charge is 0.465 e. The zero-order valence-electron chi connectivity index (χ0n) is 13.0. The Morgan fingerprint density at radius 3 is 2.64 bits per heavy atom. The van der Waals surface area contributed by atoms with E-state index in [1.165, 1.54) is 12.1 Å². The van der Waals surface area contributed by atoms with Gasteiger partial charge in [-0.1, -0.05) is 0 Å². The number of nitrogens with zero attached hydrogens (tertiary/aromatic N) is 2. The Bertz CT molecular complexity index is 959. The van der Waals surface area contributed by atoms with E-state index in [4.69, 9.17) is 9.47 Å². The molecule has 4 rings (SSSR count). The number of nitro benzene ring substituents is 1. The van der Waals surface area contributed by atoms with Crippen LogP contribution in [0.25, 0.3) is 0 Å². The Balaban J connectivity index is 1.82. The van der Waals surface area contributed by atoms with E-state index >= 15 is 0 Å². The average molecular weight is 346 g/mol. The first-order valence-electron chi connectivity index (χ1n) is 7.69. The molecule has 2 aliphatic heterocycles. The van der Waals surface area contributed by atoms with Crippen LogP contribution in [0.5, 0.6) is 5.88 Å². The maximum atomic E-state index is 12.1. The molecule has 0 unspecified atom stereocenters. The van der Waals surface area contributed by atoms with Gasteiger partial charge in [0.15, 0.2) is 6.10 Å². The molecule has 0 spiro atoms. The van der Waals surface area contributed by atoms with Crippen molar-refractivity contribution in [2.45, 2.75) is 6.10 Å². The number of non-ortho nitro benzene ring substituents is 1. The summed E-state index contributed by atoms with van der Waals surface area (Å²) in [5, 5.41) is 11.1. The second-order valence-corrected chi connectivity index (χ2v) is 5.75. The van der Waals surface area contributed by atoms with Crippen LogP contribution in [0.1, 0.15) is 17.2 Å². The Morgan fingerprint density at radius 1 is 1.20 bits per heavy atom. The number of aromatic amines is 2. The van der Waals surface area contributed by atoms with Crippen LogP contribution >= 0.6 is 0 Å². The maximum Gasteiger partial charge on any atom is 0.328 e. The van der Waals surface area contributed by atoms with E-state index in [1.54, 1.807) is 6.07 Å². The van der Waals surface area contributed by atoms with Gasteiger partial charge in [0.05, 0.1) is 18.1 Å². The zero-order chi connectivity index (χ0) is 17.6. The number of rotatable bonds is 3. The van der Waals surface area contributed by atoms with Gasteiger partial charge in [0.25, 0.3) is 11.2 Å². The number of hydrogen-bond donors (Lipinski definition) is 2. The molecule has 1 aromatic heterocycles. The molecular formula is C15H14N4O6. The minimum absolute atomic E-state index is 0.0927. The van der Waals surface area contributed by atoms with Crippen molar-refractivity contribution in [3.8, 4) is 5.88 Å². The van der Waals surface area contributed by atoms with Crippen LogP contribution in [0, 0.1) is 10.1 Å². The molecular weight excluding hydrogens is 332 g/mol. The lowest BCUT2D eigenvalue weighted by atomic mass is 9.96. The highest BCUT2D eigenvalue weighted by Crippen LogP contribution is 2.43. The zero-order valence-corrected chi connectivity index (χ0v) is 13.0. The van der Waals surface area contributed by atoms with Crippen LogP contribution in [0.2, 0.25) is 0 Å². The minimum Gasteiger partial charge on any atom is -0.465 e. The Kier molecular flexibility index (Phi) is 3.53. The van der Waals surface area contributed by atoms with E-state index in [9.17, 15) is 19.7 Å². The SMILES string of the molecule is O=c1[nH]c2c(c(=O)[nH]1)[C@@H](c1cc([N+](=O)[O-])ccc1N1CCOCC1)O2. The van der Waals surface area contributed by atoms with Crippen molar-refractivity contribution in [2.75, 3.05) is 31.2 Å². The van der Waals surface area contributed by atoms with Crippen molar-refractivity contribution in [3.63, 3.8) is 0 Å². The van der Waals surface area contributed by atoms with E-state index in [1.807, 2.05) is 4.90 Å². The van der Waals surface area contributed by atoms with Gasteiger partial charge in [0, 0.05) is 36.5 Å². The van der Waals surface area contributed by atoms with Gasteiger partial charge < -0.3 is 14.4 Å². The van der Waals surface area contributed by atoms with Crippen molar-refractivity contribution in [3.05, 3.63) is 60.3 Å². The number of H-pyrrole nitrogens is 2. The summed E-state index contributed by atoms with van der Waals surface area (Å²) in [7, 11) is 0. The Hall–Kier alpha value is -3.14. The van der Waals surface area contributed by atoms with Gasteiger partial charge in [0.2, 0.25) is 5.88 Å². The predicted molar refractivity (Wildman–Crippen MR) is 86.3 cm³/mol. The van der Waals surface area contributed by atoms with Gasteiger partial charge in [-0.05, 0) is 6.07 Å². The van der Waals surface area contributed by atoms with Crippen LogP contribution in [0.15, 0.2) is 27.8 Å². The van der Waals surface area contributed by atoms with Gasteiger partial charge in [-0.2, -0.15) is 0 Å². The van der Waals surface area contributed by atoms with Crippen LogP contribution in [-0.4, -0.2) is 41.2 Å². The molecule has 1 aromatic carbocycles. The molecule has 1 fully saturated rings. The summed E-state index contributed by atoms with van der Waals surface area (Å²) in [4.78, 5) is 40.6. The number of benzene rings is 1. The molecule has 1 atom stereocenters. The molecule has 0 amide bonds. The lowest BCUT2D eigenvalue weighted by Gasteiger charge is -2.35. The van der Waals surface area contributed by atoms with Crippen molar-refractivity contribution in [2.24, 2.45) is 0 Å². The highest BCUT2D eigenvalue weighted by atomic mass is 16.6. The van der Waals surface area contributed by atoms with Gasteiger partial charge in [-0.25, -0.2) is 4.79 Å². The number of hydrogen-bond acceptors (Lipinski definition) is 7. The number of morpholine rings is 1. The number of fused-ring (bicyclic) bond motifs is 1. The minimum atomic E-state index is -0.770. The van der Waals surface area contributed by atoms with E-state index in [-0.39, 0.29) is 17.1 Å². The molecule has 130 valence electrons. The first-order chi connectivity index (χ1) is 12.0. The van der Waals surface area contributed by atoms with E-state index in [0.29, 0.717) is 31.9 Å². The summed E-state index contributed by atoms with van der Waals surface area (Å²) in [6.07, 6.45) is -0.770. The highest BCUT2D eigenvalue weighted by Gasteiger charge is 2.37. The first kappa shape index (κ1) is 15.4. The smallest absolute Gasteiger partial charge is 0.328 e. The van der Waals surface area contributed by atoms with Crippen molar-refractivity contribution in [1.29, 1.82) is 0 Å². The maximum absolute atomic E-state index is 12.1. The number of nitrogens with one attached hydrogen (secondary N) is 2. The quantitative estimate of drug-likeness (QED) is 0.603. The standard InChI is InChI=1S/C15H14N4O6/c20-13-11-12(25-14(11)17-15(21)16-13)9-7-8(19(22)23)1-2-10(9)18-3-5-24-6-4-18/h1-2,7,12H,3-6H2,(H2,16,17,20,21)/t12-/m1/s1. The van der Waals surface area contributed by atoms with Gasteiger partial charge in [-0.3, -0.25) is 24.9 Å². The fraction of sp³-hybridized carbons (Fsp3) is 0.333. The number of ether oxygens (including phenoxy) is 2. The summed E-state index contributed by atoms with van der Waals surface area (Å²) in [6, 6.07) is 4.48. The number of aromatic nitrogens is 2. The summed E-state index contributed by atoms with van der Waals surface area (Å²) >= 11 is 0. The molecule has 10 nitrogen and oxygen atoms in total. The highest BCUT2D eigenvalue weighted by molar-refractivity contribution is 5.62. The fourth-order valence-electron chi connectivity index (χ4n) is 3.10. The Morgan fingerprint density at radius 2 is 1.96 bits per heavy atom. The molecule has 0 aliphatic carbocycles. The summed E-state index contributed by atoms with van der Waals surface area (Å²) < 4.78 is 10.9. The van der Waals surface area contributed by atoms with Gasteiger partial charge >= 0.3 is 5.69 Å². The second kappa shape index (κ2) is 5.74. The average Bonchev–Trinajstić information content (AvgIpc) is 2.57. The summed E-state index contributed by atoms with van der Waals surface area (Å²) in [6.45, 7) is 2.36. The van der Waals surface area contributed by atoms with Crippen LogP contribution in [0.4, 0.5) is 11.4 Å². The van der Waals surface area contributed by atoms with Crippen molar-refractivity contribution < 1.29 is 14.4 Å². The molecule has 0 radical (unpaired) electrons. The lowest BCUT2D eigenvalue weighted by Crippen LogP contribution is -2.39. The molecule has 10 heteroatoms. The number of nitro groups is 1. The monoisotopic (exact) mass is 346 g/mol. The molecule has 2 aliphatic rings. The molecule has 0 bridgehead atoms. The van der Waals surface area contributed by atoms with Crippen molar-refractivity contribution in [1.82, 2.24) is 9.97 Å². The molecule has 1 saturated heterocycles. The molecule has 2 N–H and O–H groups in total. The summed E-state index contributed by atoms with van der Waals surface area (Å²) in [5.74, 6) is 0.0955. The fourth-order valence-corrected chi connectivity index (χ4v) is 3.10. The molecule has 25 heavy (non-hydrogen) atoms. The van der Waals surface area contributed by atoms with Gasteiger partial charge in [-0.15, -0.1) is 0 Å². The van der Waals surface area contributed by atoms with E-state index < -0.39 is 22.3 Å². The molecule has 3 heterocycles. The molecule has 0 saturated carbocycles. The van der Waals surface area contributed by atoms with Gasteiger partial charge in [0.1, 0.15) is 5.56 Å². The second-order valence-electron chi connectivity index (χ2n) is 5.75. The molecule has 2 aromatic rings. The predicted octanol–water partition coefficient (Wildman–Crippen LogP) is 0.290. The normalized spacial score (nSPS) is 18.9. The lowest BCUT2D eigenvalue weighted by molar-refractivity contribution is -0.384. The van der Waals surface area contributed by atoms with E-state index in [0.717, 1.165) is 5.69 Å². The van der Waals surface area contributed by atoms with Crippen molar-refractivity contribution >= 4 is 11.4 Å². The number of anilines is 1. The topological polar surface area (TPSA) is 131 Å². The van der Waals surface area contributed by atoms with Crippen LogP contribution in [0.3, 0.4) is 0 Å². The first-order valence-corrected chi connectivity index (χ1v) is 7.69. The third-order valence-corrected chi connectivity index (χ3v) is 4.30. The van der Waals surface area contributed by atoms with Crippen LogP contribution < -0.4 is 20.9 Å².